The molecule has 94 valence electrons. The Labute approximate surface area is 99.2 Å². The molecule has 1 saturated heterocycles. The largest absolute Gasteiger partial charge is 0.395 e. The molecule has 1 saturated carbocycles. The second kappa shape index (κ2) is 5.99. The summed E-state index contributed by atoms with van der Waals surface area (Å²) in [5, 5.41) is 12.7. The zero-order valence-corrected chi connectivity index (χ0v) is 10.5. The van der Waals surface area contributed by atoms with Gasteiger partial charge in [-0.1, -0.05) is 6.42 Å². The van der Waals surface area contributed by atoms with Gasteiger partial charge in [-0.05, 0) is 45.6 Å². The highest BCUT2D eigenvalue weighted by molar-refractivity contribution is 4.89. The van der Waals surface area contributed by atoms with Gasteiger partial charge in [-0.3, -0.25) is 4.90 Å². The second-order valence-electron chi connectivity index (χ2n) is 5.42. The van der Waals surface area contributed by atoms with Crippen molar-refractivity contribution in [1.82, 2.24) is 10.2 Å². The Balaban J connectivity index is 1.77. The van der Waals surface area contributed by atoms with E-state index in [4.69, 9.17) is 5.11 Å². The molecule has 0 aromatic rings. The highest BCUT2D eigenvalue weighted by atomic mass is 16.3. The molecule has 3 nitrogen and oxygen atoms in total. The molecule has 2 rings (SSSR count). The van der Waals surface area contributed by atoms with Crippen LogP contribution < -0.4 is 5.32 Å². The molecule has 0 bridgehead atoms. The van der Waals surface area contributed by atoms with Gasteiger partial charge in [0.2, 0.25) is 0 Å². The Kier molecular flexibility index (Phi) is 4.62. The number of rotatable bonds is 6. The molecular weight excluding hydrogens is 200 g/mol. The lowest BCUT2D eigenvalue weighted by Crippen LogP contribution is -2.43. The molecule has 1 aliphatic carbocycles. The highest BCUT2D eigenvalue weighted by Gasteiger charge is 2.32. The lowest BCUT2D eigenvalue weighted by molar-refractivity contribution is 0.134. The minimum Gasteiger partial charge on any atom is -0.395 e. The predicted octanol–water partition coefficient (Wildman–Crippen LogP) is 1.36. The fraction of sp³-hybridized carbons (Fsp3) is 1.00. The average molecular weight is 226 g/mol. The van der Waals surface area contributed by atoms with Gasteiger partial charge >= 0.3 is 0 Å². The Bertz CT molecular complexity index is 200. The quantitative estimate of drug-likeness (QED) is 0.718. The van der Waals surface area contributed by atoms with Crippen LogP contribution in [-0.4, -0.2) is 47.8 Å². The van der Waals surface area contributed by atoms with Crippen LogP contribution in [0.1, 0.15) is 45.4 Å². The van der Waals surface area contributed by atoms with Gasteiger partial charge in [-0.2, -0.15) is 0 Å². The van der Waals surface area contributed by atoms with Crippen molar-refractivity contribution in [2.75, 3.05) is 19.7 Å². The molecule has 0 aromatic heterocycles. The lowest BCUT2D eigenvalue weighted by atomic mass is 9.98. The van der Waals surface area contributed by atoms with E-state index in [0.29, 0.717) is 18.7 Å². The Morgan fingerprint density at radius 1 is 1.31 bits per heavy atom. The van der Waals surface area contributed by atoms with Gasteiger partial charge in [-0.15, -0.1) is 0 Å². The Morgan fingerprint density at radius 2 is 2.12 bits per heavy atom. The summed E-state index contributed by atoms with van der Waals surface area (Å²) in [6, 6.07) is 2.10. The van der Waals surface area contributed by atoms with Crippen LogP contribution in [0.5, 0.6) is 0 Å². The molecule has 2 unspecified atom stereocenters. The lowest BCUT2D eigenvalue weighted by Gasteiger charge is -2.33. The molecule has 0 amide bonds. The zero-order chi connectivity index (χ0) is 11.4. The van der Waals surface area contributed by atoms with Crippen LogP contribution in [0.3, 0.4) is 0 Å². The fourth-order valence-electron chi connectivity index (χ4n) is 2.96. The van der Waals surface area contributed by atoms with E-state index in [1.54, 1.807) is 0 Å². The summed E-state index contributed by atoms with van der Waals surface area (Å²) >= 11 is 0. The summed E-state index contributed by atoms with van der Waals surface area (Å²) in [6.07, 6.45) is 7.98. The summed E-state index contributed by atoms with van der Waals surface area (Å²) < 4.78 is 0. The Morgan fingerprint density at radius 3 is 2.69 bits per heavy atom. The maximum atomic E-state index is 9.11. The van der Waals surface area contributed by atoms with Gasteiger partial charge in [-0.25, -0.2) is 0 Å². The summed E-state index contributed by atoms with van der Waals surface area (Å²) in [6.45, 7) is 4.68. The van der Waals surface area contributed by atoms with E-state index in [9.17, 15) is 0 Å². The summed E-state index contributed by atoms with van der Waals surface area (Å²) in [7, 11) is 0. The van der Waals surface area contributed by atoms with Crippen LogP contribution in [0, 0.1) is 0 Å². The standard InChI is InChI=1S/C13H26N2O/c1-11(10-12-4-2-3-7-14-12)15(8-9-16)13-5-6-13/h11-14,16H,2-10H2,1H3. The van der Waals surface area contributed by atoms with Crippen LogP contribution in [-0.2, 0) is 0 Å². The molecule has 16 heavy (non-hydrogen) atoms. The number of aliphatic hydroxyl groups excluding tert-OH is 1. The summed E-state index contributed by atoms with van der Waals surface area (Å²) in [4.78, 5) is 2.51. The number of aliphatic hydroxyl groups is 1. The van der Waals surface area contributed by atoms with Crippen LogP contribution in [0.4, 0.5) is 0 Å². The smallest absolute Gasteiger partial charge is 0.0558 e. The molecule has 3 heteroatoms. The van der Waals surface area contributed by atoms with Gasteiger partial charge in [0.15, 0.2) is 0 Å². The van der Waals surface area contributed by atoms with Gasteiger partial charge in [0.25, 0.3) is 0 Å². The maximum Gasteiger partial charge on any atom is 0.0558 e. The first kappa shape index (κ1) is 12.3. The molecule has 1 aliphatic heterocycles. The zero-order valence-electron chi connectivity index (χ0n) is 10.5. The van der Waals surface area contributed by atoms with Gasteiger partial charge in [0.1, 0.15) is 0 Å². The topological polar surface area (TPSA) is 35.5 Å². The Hall–Kier alpha value is -0.120. The third-order valence-corrected chi connectivity index (χ3v) is 3.98. The number of hydrogen-bond acceptors (Lipinski definition) is 3. The van der Waals surface area contributed by atoms with Gasteiger partial charge < -0.3 is 10.4 Å². The summed E-state index contributed by atoms with van der Waals surface area (Å²) in [5.41, 5.74) is 0. The van der Waals surface area contributed by atoms with Crippen LogP contribution >= 0.6 is 0 Å². The van der Waals surface area contributed by atoms with Crippen molar-refractivity contribution in [3.63, 3.8) is 0 Å². The molecule has 2 fully saturated rings. The molecule has 2 aliphatic rings. The van der Waals surface area contributed by atoms with E-state index >= 15 is 0 Å². The van der Waals surface area contributed by atoms with Crippen LogP contribution in [0.25, 0.3) is 0 Å². The predicted molar refractivity (Wildman–Crippen MR) is 66.5 cm³/mol. The van der Waals surface area contributed by atoms with E-state index in [2.05, 4.69) is 17.1 Å². The van der Waals surface area contributed by atoms with Crippen molar-refractivity contribution in [3.8, 4) is 0 Å². The molecular formula is C13H26N2O. The molecule has 2 N–H and O–H groups in total. The minimum atomic E-state index is 0.304. The molecule has 2 atom stereocenters. The minimum absolute atomic E-state index is 0.304. The van der Waals surface area contributed by atoms with Crippen molar-refractivity contribution in [2.45, 2.75) is 63.6 Å². The molecule has 0 aromatic carbocycles. The van der Waals surface area contributed by atoms with E-state index in [-0.39, 0.29) is 0 Å². The van der Waals surface area contributed by atoms with Crippen LogP contribution in [0.2, 0.25) is 0 Å². The first-order valence-electron chi connectivity index (χ1n) is 6.91. The molecule has 1 heterocycles. The normalized spacial score (nSPS) is 28.3. The van der Waals surface area contributed by atoms with Crippen molar-refractivity contribution in [2.24, 2.45) is 0 Å². The fourth-order valence-corrected chi connectivity index (χ4v) is 2.96. The van der Waals surface area contributed by atoms with E-state index in [1.807, 2.05) is 0 Å². The first-order valence-corrected chi connectivity index (χ1v) is 6.91. The van der Waals surface area contributed by atoms with Crippen molar-refractivity contribution in [1.29, 1.82) is 0 Å². The van der Waals surface area contributed by atoms with Gasteiger partial charge in [0, 0.05) is 24.7 Å². The number of nitrogens with one attached hydrogen (secondary N) is 1. The van der Waals surface area contributed by atoms with E-state index in [1.165, 1.54) is 45.1 Å². The monoisotopic (exact) mass is 226 g/mol. The van der Waals surface area contributed by atoms with Crippen LogP contribution in [0.15, 0.2) is 0 Å². The molecule has 0 spiro atoms. The number of hydrogen-bond donors (Lipinski definition) is 2. The maximum absolute atomic E-state index is 9.11. The average Bonchev–Trinajstić information content (AvgIpc) is 3.11. The number of piperidine rings is 1. The highest BCUT2D eigenvalue weighted by Crippen LogP contribution is 2.29. The molecule has 0 radical (unpaired) electrons. The summed E-state index contributed by atoms with van der Waals surface area (Å²) in [5.74, 6) is 0. The van der Waals surface area contributed by atoms with Crippen molar-refractivity contribution in [3.05, 3.63) is 0 Å². The SMILES string of the molecule is CC(CC1CCCCN1)N(CCO)C1CC1. The third-order valence-electron chi connectivity index (χ3n) is 3.98. The second-order valence-corrected chi connectivity index (χ2v) is 5.42. The third kappa shape index (κ3) is 3.44. The van der Waals surface area contributed by atoms with Gasteiger partial charge in [0.05, 0.1) is 6.61 Å². The van der Waals surface area contributed by atoms with E-state index < -0.39 is 0 Å². The van der Waals surface area contributed by atoms with Crippen molar-refractivity contribution < 1.29 is 5.11 Å². The van der Waals surface area contributed by atoms with Crippen molar-refractivity contribution >= 4 is 0 Å². The number of nitrogens with zero attached hydrogens (tertiary/aromatic N) is 1. The van der Waals surface area contributed by atoms with E-state index in [0.717, 1.165) is 12.6 Å². The first-order chi connectivity index (χ1) is 7.81.